The number of hydrogen-bond acceptors (Lipinski definition) is 3. The number of rotatable bonds is 2. The first kappa shape index (κ1) is 8.85. The maximum Gasteiger partial charge on any atom is 0.124 e. The molecule has 1 heterocycles. The highest BCUT2D eigenvalue weighted by Gasteiger charge is 2.09. The molecule has 0 aliphatic carbocycles. The molecule has 0 atom stereocenters. The van der Waals surface area contributed by atoms with Crippen LogP contribution in [0.15, 0.2) is 5.57 Å². The average molecular weight is 171 g/mol. The molecule has 0 saturated carbocycles. The topological polar surface area (TPSA) is 20.3 Å². The van der Waals surface area contributed by atoms with Crippen molar-refractivity contribution in [3.8, 4) is 0 Å². The summed E-state index contributed by atoms with van der Waals surface area (Å²) >= 11 is 1.98. The van der Waals surface area contributed by atoms with Crippen LogP contribution in [-0.2, 0) is 4.79 Å². The summed E-state index contributed by atoms with van der Waals surface area (Å²) in [7, 11) is 0. The van der Waals surface area contributed by atoms with Crippen LogP contribution in [0.2, 0.25) is 0 Å². The summed E-state index contributed by atoms with van der Waals surface area (Å²) in [6, 6.07) is 0. The lowest BCUT2D eigenvalue weighted by Gasteiger charge is -2.25. The highest BCUT2D eigenvalue weighted by Crippen LogP contribution is 2.09. The van der Waals surface area contributed by atoms with Gasteiger partial charge in [-0.3, -0.25) is 4.90 Å². The van der Waals surface area contributed by atoms with E-state index in [9.17, 15) is 4.79 Å². The molecule has 0 aromatic heterocycles. The monoisotopic (exact) mass is 171 g/mol. The Labute approximate surface area is 71.6 Å². The van der Waals surface area contributed by atoms with Gasteiger partial charge in [0, 0.05) is 36.7 Å². The molecule has 1 aliphatic heterocycles. The Morgan fingerprint density at radius 1 is 1.55 bits per heavy atom. The Balaban J connectivity index is 2.30. The first-order valence-corrected chi connectivity index (χ1v) is 4.99. The first-order valence-electron chi connectivity index (χ1n) is 3.83. The third-order valence-electron chi connectivity index (χ3n) is 1.74. The second-order valence-electron chi connectivity index (χ2n) is 2.77. The Morgan fingerprint density at radius 2 is 2.18 bits per heavy atom. The van der Waals surface area contributed by atoms with E-state index in [1.54, 1.807) is 0 Å². The molecule has 0 aromatic rings. The van der Waals surface area contributed by atoms with E-state index in [4.69, 9.17) is 0 Å². The molecule has 0 spiro atoms. The molecule has 2 nitrogen and oxygen atoms in total. The fraction of sp³-hybridized carbons (Fsp3) is 0.750. The van der Waals surface area contributed by atoms with E-state index in [2.05, 4.69) is 4.90 Å². The molecular weight excluding hydrogens is 158 g/mol. The van der Waals surface area contributed by atoms with Crippen LogP contribution in [0.3, 0.4) is 0 Å². The summed E-state index contributed by atoms with van der Waals surface area (Å²) in [5, 5.41) is 0. The van der Waals surface area contributed by atoms with Gasteiger partial charge < -0.3 is 0 Å². The quantitative estimate of drug-likeness (QED) is 0.574. The van der Waals surface area contributed by atoms with Gasteiger partial charge in [-0.2, -0.15) is 11.8 Å². The molecule has 0 bridgehead atoms. The van der Waals surface area contributed by atoms with Gasteiger partial charge in [-0.25, -0.2) is 4.79 Å². The third kappa shape index (κ3) is 3.10. The van der Waals surface area contributed by atoms with Crippen molar-refractivity contribution < 1.29 is 4.79 Å². The average Bonchev–Trinajstić information content (AvgIpc) is 2.06. The van der Waals surface area contributed by atoms with E-state index in [0.717, 1.165) is 25.2 Å². The van der Waals surface area contributed by atoms with Gasteiger partial charge in [0.25, 0.3) is 0 Å². The zero-order valence-electron chi connectivity index (χ0n) is 6.80. The van der Waals surface area contributed by atoms with Crippen LogP contribution in [0.1, 0.15) is 6.92 Å². The lowest BCUT2D eigenvalue weighted by atomic mass is 10.3. The van der Waals surface area contributed by atoms with Gasteiger partial charge in [0.05, 0.1) is 0 Å². The van der Waals surface area contributed by atoms with E-state index in [1.807, 2.05) is 24.6 Å². The van der Waals surface area contributed by atoms with Crippen LogP contribution in [0, 0.1) is 0 Å². The molecule has 0 unspecified atom stereocenters. The van der Waals surface area contributed by atoms with Crippen molar-refractivity contribution >= 4 is 17.7 Å². The van der Waals surface area contributed by atoms with Crippen molar-refractivity contribution in [2.24, 2.45) is 0 Å². The largest absolute Gasteiger partial charge is 0.297 e. The summed E-state index contributed by atoms with van der Waals surface area (Å²) in [5.41, 5.74) is 0.817. The Kier molecular flexibility index (Phi) is 3.70. The van der Waals surface area contributed by atoms with Crippen molar-refractivity contribution in [3.63, 3.8) is 0 Å². The first-order chi connectivity index (χ1) is 5.33. The van der Waals surface area contributed by atoms with Gasteiger partial charge in [-0.05, 0) is 6.92 Å². The van der Waals surface area contributed by atoms with E-state index >= 15 is 0 Å². The zero-order chi connectivity index (χ0) is 8.10. The minimum atomic E-state index is 0.810. The summed E-state index contributed by atoms with van der Waals surface area (Å²) in [5.74, 6) is 4.33. The van der Waals surface area contributed by atoms with Crippen LogP contribution < -0.4 is 0 Å². The van der Waals surface area contributed by atoms with Gasteiger partial charge in [0.15, 0.2) is 0 Å². The predicted octanol–water partition coefficient (Wildman–Crippen LogP) is 0.813. The van der Waals surface area contributed by atoms with Crippen molar-refractivity contribution in [1.82, 2.24) is 4.90 Å². The van der Waals surface area contributed by atoms with Crippen LogP contribution in [0.5, 0.6) is 0 Å². The van der Waals surface area contributed by atoms with Crippen LogP contribution in [0.25, 0.3) is 0 Å². The maximum absolute atomic E-state index is 10.2. The third-order valence-corrected chi connectivity index (χ3v) is 2.68. The molecule has 11 heavy (non-hydrogen) atoms. The summed E-state index contributed by atoms with van der Waals surface area (Å²) in [6.07, 6.45) is 0. The van der Waals surface area contributed by atoms with Gasteiger partial charge in [-0.15, -0.1) is 0 Å². The van der Waals surface area contributed by atoms with E-state index in [-0.39, 0.29) is 0 Å². The van der Waals surface area contributed by atoms with E-state index < -0.39 is 0 Å². The Bertz CT molecular complexity index is 169. The van der Waals surface area contributed by atoms with Crippen molar-refractivity contribution in [3.05, 3.63) is 5.57 Å². The summed E-state index contributed by atoms with van der Waals surface area (Å²) in [4.78, 5) is 12.5. The number of nitrogens with zero attached hydrogens (tertiary/aromatic N) is 1. The molecule has 0 radical (unpaired) electrons. The molecule has 0 aromatic carbocycles. The van der Waals surface area contributed by atoms with Crippen molar-refractivity contribution in [2.75, 3.05) is 31.1 Å². The van der Waals surface area contributed by atoms with Gasteiger partial charge in [0.2, 0.25) is 0 Å². The van der Waals surface area contributed by atoms with Crippen molar-refractivity contribution in [2.45, 2.75) is 6.92 Å². The van der Waals surface area contributed by atoms with Gasteiger partial charge in [0.1, 0.15) is 5.94 Å². The Morgan fingerprint density at radius 3 is 2.73 bits per heavy atom. The molecular formula is C8H13NOS. The minimum absolute atomic E-state index is 0.810. The van der Waals surface area contributed by atoms with Crippen molar-refractivity contribution in [1.29, 1.82) is 0 Å². The molecule has 1 fully saturated rings. The molecule has 62 valence electrons. The summed E-state index contributed by atoms with van der Waals surface area (Å²) < 4.78 is 0. The lowest BCUT2D eigenvalue weighted by molar-refractivity contribution is 0.329. The highest BCUT2D eigenvalue weighted by molar-refractivity contribution is 7.99. The standard InChI is InChI=1S/C8H13NOS/c1-8(7-10)6-9-2-4-11-5-3-9/h2-6H2,1H3. The van der Waals surface area contributed by atoms with Crippen LogP contribution in [0.4, 0.5) is 0 Å². The highest BCUT2D eigenvalue weighted by atomic mass is 32.2. The Hall–Kier alpha value is -0.240. The molecule has 1 saturated heterocycles. The SMILES string of the molecule is CC(=C=O)CN1CCSCC1. The van der Waals surface area contributed by atoms with Gasteiger partial charge in [-0.1, -0.05) is 0 Å². The van der Waals surface area contributed by atoms with E-state index in [0.29, 0.717) is 0 Å². The van der Waals surface area contributed by atoms with Crippen LogP contribution >= 0.6 is 11.8 Å². The summed E-state index contributed by atoms with van der Waals surface area (Å²) in [6.45, 7) is 4.88. The molecule has 1 aliphatic rings. The number of hydrogen-bond donors (Lipinski definition) is 0. The fourth-order valence-corrected chi connectivity index (χ4v) is 2.11. The lowest BCUT2D eigenvalue weighted by Crippen LogP contribution is -2.33. The van der Waals surface area contributed by atoms with E-state index in [1.165, 1.54) is 11.5 Å². The molecule has 0 N–H and O–H groups in total. The second kappa shape index (κ2) is 4.60. The molecule has 1 rings (SSSR count). The zero-order valence-corrected chi connectivity index (χ0v) is 7.62. The predicted molar refractivity (Wildman–Crippen MR) is 48.6 cm³/mol. The number of carbonyl (C=O) groups excluding carboxylic acids is 1. The fourth-order valence-electron chi connectivity index (χ4n) is 1.13. The van der Waals surface area contributed by atoms with Gasteiger partial charge >= 0.3 is 0 Å². The van der Waals surface area contributed by atoms with Crippen LogP contribution in [-0.4, -0.2) is 42.0 Å². The second-order valence-corrected chi connectivity index (χ2v) is 4.00. The molecule has 3 heteroatoms. The maximum atomic E-state index is 10.2. The molecule has 0 amide bonds. The number of thioether (sulfide) groups is 1. The minimum Gasteiger partial charge on any atom is -0.297 e. The smallest absolute Gasteiger partial charge is 0.124 e. The normalized spacial score (nSPS) is 19.4.